The van der Waals surface area contributed by atoms with Gasteiger partial charge in [0.05, 0.1) is 11.9 Å². The number of benzene rings is 1. The van der Waals surface area contributed by atoms with E-state index in [4.69, 9.17) is 10.2 Å². The number of carboxylic acid groups (broad SMARTS) is 2. The normalized spacial score (nSPS) is 9.70. The number of aliphatic carboxylic acids is 2. The maximum absolute atomic E-state index is 12.7. The van der Waals surface area contributed by atoms with Crippen LogP contribution in [0.1, 0.15) is 18.9 Å². The van der Waals surface area contributed by atoms with E-state index in [1.807, 2.05) is 0 Å². The van der Waals surface area contributed by atoms with E-state index in [0.717, 1.165) is 5.39 Å². The second kappa shape index (κ2) is 7.18. The highest BCUT2D eigenvalue weighted by Gasteiger charge is 2.02. The van der Waals surface area contributed by atoms with Gasteiger partial charge in [-0.05, 0) is 29.8 Å². The van der Waals surface area contributed by atoms with Gasteiger partial charge in [0.2, 0.25) is 5.95 Å². The van der Waals surface area contributed by atoms with Crippen molar-refractivity contribution >= 4 is 22.8 Å². The number of halogens is 1. The number of rotatable bonds is 3. The molecule has 2 aromatic rings. The third-order valence-electron chi connectivity index (χ3n) is 2.38. The number of pyridine rings is 1. The minimum Gasteiger partial charge on any atom is -0.481 e. The largest absolute Gasteiger partial charge is 0.481 e. The lowest BCUT2D eigenvalue weighted by Gasteiger charge is -2.00. The van der Waals surface area contributed by atoms with Gasteiger partial charge < -0.3 is 10.2 Å². The maximum Gasteiger partial charge on any atom is 0.307 e. The van der Waals surface area contributed by atoms with Crippen molar-refractivity contribution in [1.29, 1.82) is 0 Å². The summed E-state index contributed by atoms with van der Waals surface area (Å²) in [6.45, 7) is 1.60. The van der Waals surface area contributed by atoms with Gasteiger partial charge in [-0.3, -0.25) is 9.59 Å². The van der Waals surface area contributed by atoms with E-state index >= 15 is 0 Å². The summed E-state index contributed by atoms with van der Waals surface area (Å²) >= 11 is 0. The molecule has 0 radical (unpaired) electrons. The van der Waals surface area contributed by atoms with Crippen molar-refractivity contribution in [3.05, 3.63) is 41.8 Å². The van der Waals surface area contributed by atoms with Crippen LogP contribution in [0.2, 0.25) is 0 Å². The summed E-state index contributed by atoms with van der Waals surface area (Å²) in [6, 6.07) is 7.81. The third-order valence-corrected chi connectivity index (χ3v) is 2.38. The molecular formula is C14H14FNO4. The standard InChI is InChI=1S/C11H8FNO2.C3H6O2/c12-10-4-2-8-5-7(6-11(14)15)1-3-9(8)13-10;1-2-3(4)5/h1-5H,6H2,(H,14,15);2H2,1H3,(H,4,5). The number of nitrogens with zero attached hydrogens (tertiary/aromatic N) is 1. The molecule has 0 saturated carbocycles. The molecule has 0 bridgehead atoms. The summed E-state index contributed by atoms with van der Waals surface area (Å²) in [6.07, 6.45) is 0.188. The molecule has 1 aromatic carbocycles. The van der Waals surface area contributed by atoms with E-state index < -0.39 is 17.9 Å². The first-order valence-corrected chi connectivity index (χ1v) is 5.91. The van der Waals surface area contributed by atoms with Crippen LogP contribution in [0.15, 0.2) is 30.3 Å². The van der Waals surface area contributed by atoms with Crippen LogP contribution < -0.4 is 0 Å². The van der Waals surface area contributed by atoms with Gasteiger partial charge in [-0.15, -0.1) is 0 Å². The zero-order valence-corrected chi connectivity index (χ0v) is 10.8. The molecule has 106 valence electrons. The Morgan fingerprint density at radius 2 is 1.80 bits per heavy atom. The Kier molecular flexibility index (Phi) is 5.58. The molecule has 5 nitrogen and oxygen atoms in total. The molecule has 0 aliphatic carbocycles. The predicted octanol–water partition coefficient (Wildman–Crippen LogP) is 2.48. The number of hydrogen-bond acceptors (Lipinski definition) is 3. The van der Waals surface area contributed by atoms with E-state index in [9.17, 15) is 14.0 Å². The summed E-state index contributed by atoms with van der Waals surface area (Å²) in [5.41, 5.74) is 1.22. The minimum absolute atomic E-state index is 0.0344. The van der Waals surface area contributed by atoms with Crippen LogP contribution in [0, 0.1) is 5.95 Å². The SMILES string of the molecule is CCC(=O)O.O=C(O)Cc1ccc2nc(F)ccc2c1. The summed E-state index contributed by atoms with van der Waals surface area (Å²) in [5.74, 6) is -2.16. The molecule has 2 N–H and O–H groups in total. The molecule has 0 spiro atoms. The molecule has 1 heterocycles. The van der Waals surface area contributed by atoms with Gasteiger partial charge in [0.15, 0.2) is 0 Å². The van der Waals surface area contributed by atoms with Gasteiger partial charge >= 0.3 is 11.9 Å². The van der Waals surface area contributed by atoms with Crippen LogP contribution in [0.5, 0.6) is 0 Å². The molecule has 0 fully saturated rings. The van der Waals surface area contributed by atoms with Crippen LogP contribution in [0.4, 0.5) is 4.39 Å². The van der Waals surface area contributed by atoms with Crippen molar-refractivity contribution in [2.75, 3.05) is 0 Å². The minimum atomic E-state index is -0.885. The Bertz CT molecular complexity index is 628. The van der Waals surface area contributed by atoms with E-state index in [1.165, 1.54) is 6.07 Å². The van der Waals surface area contributed by atoms with E-state index in [-0.39, 0.29) is 12.8 Å². The first kappa shape index (κ1) is 15.6. The molecular weight excluding hydrogens is 265 g/mol. The number of hydrogen-bond donors (Lipinski definition) is 2. The van der Waals surface area contributed by atoms with Gasteiger partial charge in [0.1, 0.15) is 0 Å². The molecule has 0 unspecified atom stereocenters. The molecule has 6 heteroatoms. The fourth-order valence-corrected chi connectivity index (χ4v) is 1.43. The monoisotopic (exact) mass is 279 g/mol. The van der Waals surface area contributed by atoms with Gasteiger partial charge in [-0.2, -0.15) is 4.39 Å². The highest BCUT2D eigenvalue weighted by molar-refractivity contribution is 5.80. The molecule has 0 atom stereocenters. The van der Waals surface area contributed by atoms with Crippen molar-refractivity contribution in [1.82, 2.24) is 4.98 Å². The van der Waals surface area contributed by atoms with Crippen molar-refractivity contribution in [3.8, 4) is 0 Å². The fourth-order valence-electron chi connectivity index (χ4n) is 1.43. The molecule has 0 amide bonds. The molecule has 0 aliphatic heterocycles. The summed E-state index contributed by atoms with van der Waals surface area (Å²) in [4.78, 5) is 23.5. The van der Waals surface area contributed by atoms with E-state index in [1.54, 1.807) is 31.2 Å². The lowest BCUT2D eigenvalue weighted by Crippen LogP contribution is -1.99. The van der Waals surface area contributed by atoms with Crippen LogP contribution in [0.3, 0.4) is 0 Å². The number of aromatic nitrogens is 1. The number of fused-ring (bicyclic) bond motifs is 1. The quantitative estimate of drug-likeness (QED) is 0.843. The van der Waals surface area contributed by atoms with Gasteiger partial charge in [-0.1, -0.05) is 13.0 Å². The summed E-state index contributed by atoms with van der Waals surface area (Å²) in [7, 11) is 0. The van der Waals surface area contributed by atoms with Crippen LogP contribution >= 0.6 is 0 Å². The maximum atomic E-state index is 12.7. The van der Waals surface area contributed by atoms with E-state index in [0.29, 0.717) is 11.1 Å². The number of carboxylic acids is 2. The molecule has 1 aromatic heterocycles. The number of carbonyl (C=O) groups is 2. The van der Waals surface area contributed by atoms with Gasteiger partial charge in [0, 0.05) is 11.8 Å². The Morgan fingerprint density at radius 3 is 2.35 bits per heavy atom. The molecule has 2 rings (SSSR count). The third kappa shape index (κ3) is 5.01. The first-order chi connectivity index (χ1) is 9.42. The Balaban J connectivity index is 0.000000347. The zero-order chi connectivity index (χ0) is 15.1. The predicted molar refractivity (Wildman–Crippen MR) is 71.0 cm³/mol. The molecule has 0 aliphatic rings. The Labute approximate surface area is 114 Å². The highest BCUT2D eigenvalue weighted by atomic mass is 19.1. The van der Waals surface area contributed by atoms with Crippen molar-refractivity contribution in [2.45, 2.75) is 19.8 Å². The lowest BCUT2D eigenvalue weighted by atomic mass is 10.1. The topological polar surface area (TPSA) is 87.5 Å². The second-order valence-electron chi connectivity index (χ2n) is 3.98. The van der Waals surface area contributed by atoms with Crippen molar-refractivity contribution < 1.29 is 24.2 Å². The first-order valence-electron chi connectivity index (χ1n) is 5.91. The average Bonchev–Trinajstić information content (AvgIpc) is 2.39. The van der Waals surface area contributed by atoms with Crippen LogP contribution in [-0.4, -0.2) is 27.1 Å². The van der Waals surface area contributed by atoms with Crippen LogP contribution in [0.25, 0.3) is 10.9 Å². The zero-order valence-electron chi connectivity index (χ0n) is 10.8. The highest BCUT2D eigenvalue weighted by Crippen LogP contribution is 2.14. The average molecular weight is 279 g/mol. The molecule has 0 saturated heterocycles. The van der Waals surface area contributed by atoms with E-state index in [2.05, 4.69) is 4.98 Å². The summed E-state index contributed by atoms with van der Waals surface area (Å²) < 4.78 is 12.7. The summed E-state index contributed by atoms with van der Waals surface area (Å²) in [5, 5.41) is 17.1. The van der Waals surface area contributed by atoms with Gasteiger partial charge in [0.25, 0.3) is 0 Å². The Hall–Kier alpha value is -2.50. The van der Waals surface area contributed by atoms with Crippen LogP contribution in [-0.2, 0) is 16.0 Å². The second-order valence-corrected chi connectivity index (χ2v) is 3.98. The van der Waals surface area contributed by atoms with Crippen molar-refractivity contribution in [2.24, 2.45) is 0 Å². The molecule has 20 heavy (non-hydrogen) atoms. The Morgan fingerprint density at radius 1 is 1.15 bits per heavy atom. The smallest absolute Gasteiger partial charge is 0.307 e. The fraction of sp³-hybridized carbons (Fsp3) is 0.214. The van der Waals surface area contributed by atoms with Gasteiger partial charge in [-0.25, -0.2) is 4.98 Å². The lowest BCUT2D eigenvalue weighted by molar-refractivity contribution is -0.137. The van der Waals surface area contributed by atoms with Crippen molar-refractivity contribution in [3.63, 3.8) is 0 Å².